The highest BCUT2D eigenvalue weighted by Crippen LogP contribution is 2.50. The molecule has 2 saturated carbocycles. The van der Waals surface area contributed by atoms with Gasteiger partial charge in [0.15, 0.2) is 0 Å². The van der Waals surface area contributed by atoms with Crippen LogP contribution in [0.5, 0.6) is 0 Å². The lowest BCUT2D eigenvalue weighted by molar-refractivity contribution is -0.145. The first kappa shape index (κ1) is 18.4. The molecule has 4 atom stereocenters. The fourth-order valence-electron chi connectivity index (χ4n) is 4.48. The second-order valence-electron chi connectivity index (χ2n) is 7.13. The Hall–Kier alpha value is -1.40. The summed E-state index contributed by atoms with van der Waals surface area (Å²) in [6.07, 6.45) is 6.95. The Morgan fingerprint density at radius 2 is 2.12 bits per heavy atom. The van der Waals surface area contributed by atoms with Crippen molar-refractivity contribution in [1.29, 1.82) is 0 Å². The Morgan fingerprint density at radius 1 is 1.28 bits per heavy atom. The van der Waals surface area contributed by atoms with Crippen molar-refractivity contribution in [3.63, 3.8) is 0 Å². The SMILES string of the molecule is COC(=O)COCCCC[C@H]1[C@@H]2CC[C@@H](C2)[C@@H]1NC(=O)c1ccsc1. The number of thiophene rings is 1. The molecule has 1 heterocycles. The molecule has 138 valence electrons. The summed E-state index contributed by atoms with van der Waals surface area (Å²) in [5.41, 5.74) is 0.780. The Kier molecular flexibility index (Phi) is 6.48. The van der Waals surface area contributed by atoms with Gasteiger partial charge in [-0.15, -0.1) is 0 Å². The fourth-order valence-corrected chi connectivity index (χ4v) is 5.11. The minimum atomic E-state index is -0.329. The molecule has 0 radical (unpaired) electrons. The number of hydrogen-bond donors (Lipinski definition) is 1. The summed E-state index contributed by atoms with van der Waals surface area (Å²) in [5.74, 6) is 1.73. The highest BCUT2D eigenvalue weighted by atomic mass is 32.1. The van der Waals surface area contributed by atoms with E-state index in [4.69, 9.17) is 4.74 Å². The summed E-state index contributed by atoms with van der Waals surface area (Å²) in [6.45, 7) is 0.617. The van der Waals surface area contributed by atoms with E-state index in [0.29, 0.717) is 24.5 Å². The minimum absolute atomic E-state index is 0.0317. The Balaban J connectivity index is 1.43. The largest absolute Gasteiger partial charge is 0.467 e. The average Bonchev–Trinajstić information content (AvgIpc) is 3.35. The van der Waals surface area contributed by atoms with Crippen molar-refractivity contribution in [3.8, 4) is 0 Å². The summed E-state index contributed by atoms with van der Waals surface area (Å²) in [5, 5.41) is 7.17. The third-order valence-electron chi connectivity index (χ3n) is 5.69. The van der Waals surface area contributed by atoms with Crippen LogP contribution in [-0.4, -0.2) is 38.2 Å². The molecule has 0 spiro atoms. The zero-order valence-corrected chi connectivity index (χ0v) is 15.6. The first-order chi connectivity index (χ1) is 12.2. The van der Waals surface area contributed by atoms with Gasteiger partial charge in [0.05, 0.1) is 7.11 Å². The molecule has 1 N–H and O–H groups in total. The number of esters is 1. The predicted molar refractivity (Wildman–Crippen MR) is 96.6 cm³/mol. The molecule has 2 aliphatic carbocycles. The van der Waals surface area contributed by atoms with E-state index in [1.807, 2.05) is 16.8 Å². The van der Waals surface area contributed by atoms with E-state index in [9.17, 15) is 9.59 Å². The van der Waals surface area contributed by atoms with Gasteiger partial charge in [0.25, 0.3) is 5.91 Å². The van der Waals surface area contributed by atoms with Crippen molar-refractivity contribution in [2.45, 2.75) is 44.6 Å². The normalized spacial score (nSPS) is 27.4. The number of rotatable bonds is 9. The van der Waals surface area contributed by atoms with Gasteiger partial charge in [-0.05, 0) is 61.3 Å². The lowest BCUT2D eigenvalue weighted by atomic mass is 9.81. The van der Waals surface area contributed by atoms with Gasteiger partial charge >= 0.3 is 5.97 Å². The van der Waals surface area contributed by atoms with Gasteiger partial charge in [0, 0.05) is 23.6 Å². The minimum Gasteiger partial charge on any atom is -0.467 e. The maximum Gasteiger partial charge on any atom is 0.331 e. The van der Waals surface area contributed by atoms with E-state index >= 15 is 0 Å². The third kappa shape index (κ3) is 4.61. The Morgan fingerprint density at radius 3 is 2.88 bits per heavy atom. The van der Waals surface area contributed by atoms with Crippen LogP contribution >= 0.6 is 11.3 Å². The van der Waals surface area contributed by atoms with Gasteiger partial charge in [0.1, 0.15) is 6.61 Å². The van der Waals surface area contributed by atoms with Crippen LogP contribution in [0.25, 0.3) is 0 Å². The average molecular weight is 365 g/mol. The zero-order valence-electron chi connectivity index (χ0n) is 14.7. The molecular formula is C19H27NO4S. The summed E-state index contributed by atoms with van der Waals surface area (Å²) in [7, 11) is 1.37. The van der Waals surface area contributed by atoms with Crippen LogP contribution in [-0.2, 0) is 14.3 Å². The molecule has 1 aromatic heterocycles. The lowest BCUT2D eigenvalue weighted by Gasteiger charge is -2.32. The lowest BCUT2D eigenvalue weighted by Crippen LogP contribution is -2.43. The third-order valence-corrected chi connectivity index (χ3v) is 6.38. The molecule has 1 aromatic rings. The second kappa shape index (κ2) is 8.81. The molecular weight excluding hydrogens is 338 g/mol. The van der Waals surface area contributed by atoms with E-state index in [1.165, 1.54) is 26.4 Å². The first-order valence-corrected chi connectivity index (χ1v) is 10.1. The van der Waals surface area contributed by atoms with Crippen molar-refractivity contribution in [2.24, 2.45) is 17.8 Å². The van der Waals surface area contributed by atoms with E-state index in [1.54, 1.807) is 11.3 Å². The summed E-state index contributed by atoms with van der Waals surface area (Å²) in [4.78, 5) is 23.4. The molecule has 0 aliphatic heterocycles. The molecule has 2 aliphatic rings. The summed E-state index contributed by atoms with van der Waals surface area (Å²) in [6, 6.07) is 2.21. The number of fused-ring (bicyclic) bond motifs is 2. The van der Waals surface area contributed by atoms with Gasteiger partial charge in [0.2, 0.25) is 0 Å². The monoisotopic (exact) mass is 365 g/mol. The van der Waals surface area contributed by atoms with E-state index in [2.05, 4.69) is 10.1 Å². The van der Waals surface area contributed by atoms with Crippen LogP contribution in [0.1, 0.15) is 48.9 Å². The van der Waals surface area contributed by atoms with Crippen molar-refractivity contribution in [1.82, 2.24) is 5.32 Å². The van der Waals surface area contributed by atoms with Crippen LogP contribution in [0.4, 0.5) is 0 Å². The topological polar surface area (TPSA) is 64.6 Å². The van der Waals surface area contributed by atoms with Gasteiger partial charge in [-0.1, -0.05) is 6.42 Å². The highest BCUT2D eigenvalue weighted by Gasteiger charge is 2.47. The maximum absolute atomic E-state index is 12.4. The van der Waals surface area contributed by atoms with Crippen molar-refractivity contribution >= 4 is 23.2 Å². The number of amides is 1. The smallest absolute Gasteiger partial charge is 0.331 e. The van der Waals surface area contributed by atoms with Crippen molar-refractivity contribution < 1.29 is 19.1 Å². The maximum atomic E-state index is 12.4. The van der Waals surface area contributed by atoms with E-state index in [0.717, 1.165) is 30.7 Å². The van der Waals surface area contributed by atoms with E-state index in [-0.39, 0.29) is 18.5 Å². The van der Waals surface area contributed by atoms with E-state index < -0.39 is 0 Å². The number of hydrogen-bond acceptors (Lipinski definition) is 5. The zero-order chi connectivity index (χ0) is 17.6. The van der Waals surface area contributed by atoms with Gasteiger partial charge in [-0.25, -0.2) is 4.79 Å². The molecule has 0 unspecified atom stereocenters. The first-order valence-electron chi connectivity index (χ1n) is 9.16. The van der Waals surface area contributed by atoms with Crippen molar-refractivity contribution in [2.75, 3.05) is 20.3 Å². The fraction of sp³-hybridized carbons (Fsp3) is 0.684. The summed E-state index contributed by atoms with van der Waals surface area (Å²) >= 11 is 1.56. The van der Waals surface area contributed by atoms with Crippen LogP contribution in [0, 0.1) is 17.8 Å². The predicted octanol–water partition coefficient (Wildman–Crippen LogP) is 3.25. The molecule has 3 rings (SSSR count). The quantitative estimate of drug-likeness (QED) is 0.539. The molecule has 2 fully saturated rings. The van der Waals surface area contributed by atoms with Crippen LogP contribution in [0.15, 0.2) is 16.8 Å². The molecule has 2 bridgehead atoms. The van der Waals surface area contributed by atoms with Crippen LogP contribution in [0.3, 0.4) is 0 Å². The standard InChI is InChI=1S/C19H27NO4S/c1-23-17(21)11-24-8-3-2-4-16-13-5-6-14(10-13)18(16)20-19(22)15-7-9-25-12-15/h7,9,12-14,16,18H,2-6,8,10-11H2,1H3,(H,20,22)/t13-,14+,16+,18+/m1/s1. The molecule has 0 aromatic carbocycles. The molecule has 0 saturated heterocycles. The van der Waals surface area contributed by atoms with Crippen LogP contribution < -0.4 is 5.32 Å². The van der Waals surface area contributed by atoms with Gasteiger partial charge in [-0.3, -0.25) is 4.79 Å². The Bertz CT molecular complexity index is 574. The number of ether oxygens (including phenoxy) is 2. The van der Waals surface area contributed by atoms with Gasteiger partial charge < -0.3 is 14.8 Å². The number of methoxy groups -OCH3 is 1. The second-order valence-corrected chi connectivity index (χ2v) is 7.91. The molecule has 5 nitrogen and oxygen atoms in total. The molecule has 25 heavy (non-hydrogen) atoms. The number of nitrogens with one attached hydrogen (secondary N) is 1. The number of unbranched alkanes of at least 4 members (excludes halogenated alkanes) is 1. The van der Waals surface area contributed by atoms with Gasteiger partial charge in [-0.2, -0.15) is 11.3 Å². The highest BCUT2D eigenvalue weighted by molar-refractivity contribution is 7.08. The number of carbonyl (C=O) groups excluding carboxylic acids is 2. The van der Waals surface area contributed by atoms with Crippen molar-refractivity contribution in [3.05, 3.63) is 22.4 Å². The molecule has 6 heteroatoms. The number of carbonyl (C=O) groups is 2. The van der Waals surface area contributed by atoms with Crippen LogP contribution in [0.2, 0.25) is 0 Å². The summed E-state index contributed by atoms with van der Waals surface area (Å²) < 4.78 is 9.86. The molecule has 1 amide bonds. The Labute approximate surface area is 153 Å².